The van der Waals surface area contributed by atoms with Crippen LogP contribution in [0.15, 0.2) is 146 Å². The Labute approximate surface area is 429 Å². The summed E-state index contributed by atoms with van der Waals surface area (Å²) in [5.41, 5.74) is 14.0. The summed E-state index contributed by atoms with van der Waals surface area (Å²) in [4.78, 5) is 36.5. The van der Waals surface area contributed by atoms with Gasteiger partial charge in [0.2, 0.25) is 0 Å². The summed E-state index contributed by atoms with van der Waals surface area (Å²) in [6.45, 7) is 6.34. The Morgan fingerprint density at radius 1 is 0.306 bits per heavy atom. The van der Waals surface area contributed by atoms with Crippen LogP contribution in [0.2, 0.25) is 0 Å². The molecule has 6 aromatic carbocycles. The smallest absolute Gasteiger partial charge is 0.319 e. The normalized spacial score (nSPS) is 15.0. The Kier molecular flexibility index (Phi) is 20.8. The first-order chi connectivity index (χ1) is 35.1. The van der Waals surface area contributed by atoms with Crippen LogP contribution in [-0.2, 0) is 19.3 Å². The number of aryl methyl sites for hydroxylation is 3. The second kappa shape index (κ2) is 28.2. The molecule has 0 atom stereocenters. The highest BCUT2D eigenvalue weighted by Crippen LogP contribution is 2.22. The van der Waals surface area contributed by atoms with Crippen molar-refractivity contribution in [3.05, 3.63) is 196 Å². The fourth-order valence-electron chi connectivity index (χ4n) is 9.74. The highest BCUT2D eigenvalue weighted by Gasteiger charge is 2.18. The van der Waals surface area contributed by atoms with Crippen LogP contribution >= 0.6 is 0 Å². The molecule has 3 fully saturated rings. The van der Waals surface area contributed by atoms with E-state index < -0.39 is 0 Å². The van der Waals surface area contributed by atoms with E-state index in [1.165, 1.54) is 108 Å². The van der Waals surface area contributed by atoms with E-state index in [2.05, 4.69) is 138 Å². The molecule has 3 saturated carbocycles. The second-order valence-electron chi connectivity index (χ2n) is 20.4. The number of benzene rings is 6. The molecule has 9 nitrogen and oxygen atoms in total. The van der Waals surface area contributed by atoms with Crippen LogP contribution in [0.4, 0.5) is 31.4 Å². The van der Waals surface area contributed by atoms with Crippen LogP contribution in [0.1, 0.15) is 146 Å². The summed E-state index contributed by atoms with van der Waals surface area (Å²) in [5.74, 6) is 0. The maximum atomic E-state index is 12.2. The van der Waals surface area contributed by atoms with Crippen LogP contribution in [0.25, 0.3) is 0 Å². The molecule has 6 N–H and O–H groups in total. The zero-order valence-corrected chi connectivity index (χ0v) is 43.0. The molecule has 0 radical (unpaired) electrons. The molecular weight excluding hydrogens is 889 g/mol. The highest BCUT2D eigenvalue weighted by atomic mass is 16.2. The predicted molar refractivity (Wildman–Crippen MR) is 298 cm³/mol. The lowest BCUT2D eigenvalue weighted by molar-refractivity contribution is 0.243. The second-order valence-corrected chi connectivity index (χ2v) is 20.4. The Morgan fingerprint density at radius 3 is 0.708 bits per heavy atom. The molecule has 0 unspecified atom stereocenters. The van der Waals surface area contributed by atoms with Gasteiger partial charge in [-0.2, -0.15) is 0 Å². The molecule has 6 amide bonds. The number of rotatable bonds is 12. The van der Waals surface area contributed by atoms with Crippen molar-refractivity contribution in [1.82, 2.24) is 16.0 Å². The van der Waals surface area contributed by atoms with Gasteiger partial charge >= 0.3 is 18.1 Å². The van der Waals surface area contributed by atoms with E-state index >= 15 is 0 Å². The Bertz CT molecular complexity index is 2420. The topological polar surface area (TPSA) is 123 Å². The van der Waals surface area contributed by atoms with Gasteiger partial charge in [-0.1, -0.05) is 184 Å². The molecule has 3 aliphatic rings. The van der Waals surface area contributed by atoms with Crippen molar-refractivity contribution in [2.45, 2.75) is 154 Å². The molecule has 0 spiro atoms. The van der Waals surface area contributed by atoms with Crippen LogP contribution < -0.4 is 31.9 Å². The van der Waals surface area contributed by atoms with Crippen LogP contribution in [0.3, 0.4) is 0 Å². The predicted octanol–water partition coefficient (Wildman–Crippen LogP) is 15.1. The van der Waals surface area contributed by atoms with Crippen molar-refractivity contribution in [3.8, 4) is 0 Å². The van der Waals surface area contributed by atoms with Gasteiger partial charge in [0.1, 0.15) is 0 Å². The quantitative estimate of drug-likeness (QED) is 0.0732. The maximum Gasteiger partial charge on any atom is 0.319 e. The first kappa shape index (κ1) is 52.9. The number of amides is 6. The highest BCUT2D eigenvalue weighted by molar-refractivity contribution is 5.90. The van der Waals surface area contributed by atoms with Crippen molar-refractivity contribution >= 4 is 35.2 Å². The van der Waals surface area contributed by atoms with E-state index in [0.29, 0.717) is 18.1 Å². The zero-order valence-electron chi connectivity index (χ0n) is 43.0. The fourth-order valence-corrected chi connectivity index (χ4v) is 9.74. The third-order valence-corrected chi connectivity index (χ3v) is 14.0. The van der Waals surface area contributed by atoms with Gasteiger partial charge in [-0.05, 0) is 148 Å². The van der Waals surface area contributed by atoms with E-state index in [1.54, 1.807) is 0 Å². The summed E-state index contributed by atoms with van der Waals surface area (Å²) in [6.07, 6.45) is 20.3. The number of carbonyl (C=O) groups is 3. The third-order valence-electron chi connectivity index (χ3n) is 14.0. The molecule has 0 bridgehead atoms. The standard InChI is InChI=1S/C27H36N4O2.C21H26N2O.C15H16/c32-26(28-22-7-3-1-4-8-22)30-24-15-11-20(12-16-24)19-21-13-17-25(18-14-21)31-27(33)29-23-9-5-2-6-10-23;1-16-7-9-17(10-8-16)15-18-11-13-20(14-12-18)23-21(24)22-19-5-3-2-4-6-19;1-12-3-7-14(8-4-12)11-15-9-5-13(2)6-10-15/h11-18,22-23H,1-10,19H2,(H2,28,30,32)(H2,29,31,33);7-14,19H,2-6,15H2,1H3,(H2,22,23,24);3-10H,11H2,1-2H3. The summed E-state index contributed by atoms with van der Waals surface area (Å²) >= 11 is 0. The number of hydrogen-bond donors (Lipinski definition) is 6. The lowest BCUT2D eigenvalue weighted by Gasteiger charge is -2.22. The van der Waals surface area contributed by atoms with Crippen molar-refractivity contribution in [1.29, 1.82) is 0 Å². The number of carbonyl (C=O) groups excluding carboxylic acids is 3. The van der Waals surface area contributed by atoms with E-state index in [4.69, 9.17) is 0 Å². The van der Waals surface area contributed by atoms with Crippen molar-refractivity contribution < 1.29 is 14.4 Å². The average molecular weight is 967 g/mol. The molecule has 378 valence electrons. The van der Waals surface area contributed by atoms with E-state index in [0.717, 1.165) is 74.8 Å². The number of nitrogens with one attached hydrogen (secondary N) is 6. The van der Waals surface area contributed by atoms with E-state index in [1.807, 2.05) is 60.7 Å². The molecule has 0 aromatic heterocycles. The van der Waals surface area contributed by atoms with Crippen LogP contribution in [0.5, 0.6) is 0 Å². The molecule has 3 aliphatic carbocycles. The van der Waals surface area contributed by atoms with Gasteiger partial charge in [-0.25, -0.2) is 14.4 Å². The summed E-state index contributed by atoms with van der Waals surface area (Å²) in [7, 11) is 0. The van der Waals surface area contributed by atoms with Crippen molar-refractivity contribution in [3.63, 3.8) is 0 Å². The minimum absolute atomic E-state index is 0.0896. The van der Waals surface area contributed by atoms with Crippen molar-refractivity contribution in [2.75, 3.05) is 16.0 Å². The monoisotopic (exact) mass is 967 g/mol. The molecule has 0 heterocycles. The number of urea groups is 3. The maximum absolute atomic E-state index is 12.2. The first-order valence-electron chi connectivity index (χ1n) is 26.7. The average Bonchev–Trinajstić information content (AvgIpc) is 3.39. The van der Waals surface area contributed by atoms with Crippen LogP contribution in [0, 0.1) is 20.8 Å². The molecule has 0 aliphatic heterocycles. The van der Waals surface area contributed by atoms with E-state index in [-0.39, 0.29) is 18.1 Å². The SMILES string of the molecule is Cc1ccc(Cc2ccc(C)cc2)cc1.Cc1ccc(Cc2ccc(NC(=O)NC3CCCCC3)cc2)cc1.O=C(Nc1ccc(Cc2ccc(NC(=O)NC3CCCCC3)cc2)cc1)NC1CCCCC1. The molecule has 9 rings (SSSR count). The molecule has 0 saturated heterocycles. The minimum atomic E-state index is -0.120. The van der Waals surface area contributed by atoms with Gasteiger partial charge in [-0.15, -0.1) is 0 Å². The summed E-state index contributed by atoms with van der Waals surface area (Å²) in [6, 6.07) is 50.8. The van der Waals surface area contributed by atoms with Crippen molar-refractivity contribution in [2.24, 2.45) is 0 Å². The van der Waals surface area contributed by atoms with Gasteiger partial charge in [0.15, 0.2) is 0 Å². The Balaban J connectivity index is 0.000000170. The van der Waals surface area contributed by atoms with Gasteiger partial charge in [0, 0.05) is 35.2 Å². The Hall–Kier alpha value is -6.87. The first-order valence-corrected chi connectivity index (χ1v) is 26.7. The van der Waals surface area contributed by atoms with Gasteiger partial charge in [-0.3, -0.25) is 0 Å². The number of hydrogen-bond acceptors (Lipinski definition) is 3. The fraction of sp³-hybridized carbons (Fsp3) is 0.381. The molecule has 9 heteroatoms. The summed E-state index contributed by atoms with van der Waals surface area (Å²) < 4.78 is 0. The molecular formula is C63H78N6O3. The van der Waals surface area contributed by atoms with E-state index in [9.17, 15) is 14.4 Å². The molecule has 6 aromatic rings. The lowest BCUT2D eigenvalue weighted by Crippen LogP contribution is -2.39. The van der Waals surface area contributed by atoms with Gasteiger partial charge in [0.05, 0.1) is 0 Å². The largest absolute Gasteiger partial charge is 0.335 e. The Morgan fingerprint density at radius 2 is 0.500 bits per heavy atom. The van der Waals surface area contributed by atoms with Gasteiger partial charge < -0.3 is 31.9 Å². The molecule has 72 heavy (non-hydrogen) atoms. The summed E-state index contributed by atoms with van der Waals surface area (Å²) in [5, 5.41) is 18.0. The van der Waals surface area contributed by atoms with Gasteiger partial charge in [0.25, 0.3) is 0 Å². The van der Waals surface area contributed by atoms with Crippen LogP contribution in [-0.4, -0.2) is 36.2 Å². The lowest BCUT2D eigenvalue weighted by atomic mass is 9.96. The third kappa shape index (κ3) is 19.0. The number of anilines is 3. The minimum Gasteiger partial charge on any atom is -0.335 e. The zero-order chi connectivity index (χ0) is 50.3.